The van der Waals surface area contributed by atoms with Gasteiger partial charge in [0.25, 0.3) is 5.91 Å². The maximum absolute atomic E-state index is 12.3. The van der Waals surface area contributed by atoms with Crippen LogP contribution < -0.4 is 10.6 Å². The van der Waals surface area contributed by atoms with Crippen LogP contribution in [0.2, 0.25) is 0 Å². The summed E-state index contributed by atoms with van der Waals surface area (Å²) in [6.45, 7) is 0.741. The van der Waals surface area contributed by atoms with Gasteiger partial charge in [-0.05, 0) is 30.0 Å². The van der Waals surface area contributed by atoms with Crippen molar-refractivity contribution in [3.8, 4) is 0 Å². The molecule has 2 N–H and O–H groups in total. The Bertz CT molecular complexity index is 737. The lowest BCUT2D eigenvalue weighted by atomic mass is 10.4. The zero-order chi connectivity index (χ0) is 15.4. The first-order valence-corrected chi connectivity index (χ1v) is 7.43. The van der Waals surface area contributed by atoms with E-state index in [0.29, 0.717) is 16.5 Å². The Hall–Kier alpha value is -2.61. The lowest BCUT2D eigenvalue weighted by Crippen LogP contribution is -2.23. The fourth-order valence-electron chi connectivity index (χ4n) is 1.84. The first-order valence-electron chi connectivity index (χ1n) is 6.61. The van der Waals surface area contributed by atoms with E-state index in [1.54, 1.807) is 48.5 Å². The minimum absolute atomic E-state index is 0.228. The number of hydrogen-bond acceptors (Lipinski definition) is 6. The summed E-state index contributed by atoms with van der Waals surface area (Å²) in [4.78, 5) is 24.7. The summed E-state index contributed by atoms with van der Waals surface area (Å²) >= 11 is 1.38. The van der Waals surface area contributed by atoms with E-state index < -0.39 is 0 Å². The highest BCUT2D eigenvalue weighted by molar-refractivity contribution is 8.13. The molecule has 8 heteroatoms. The lowest BCUT2D eigenvalue weighted by Gasteiger charge is -2.10. The van der Waals surface area contributed by atoms with Gasteiger partial charge in [-0.3, -0.25) is 9.78 Å². The van der Waals surface area contributed by atoms with Gasteiger partial charge in [-0.1, -0.05) is 0 Å². The molecule has 2 aromatic rings. The summed E-state index contributed by atoms with van der Waals surface area (Å²) < 4.78 is 1.74. The van der Waals surface area contributed by atoms with Crippen molar-refractivity contribution in [2.24, 2.45) is 12.0 Å². The topological polar surface area (TPSA) is 84.2 Å². The summed E-state index contributed by atoms with van der Waals surface area (Å²) in [5.41, 5.74) is 1.12. The molecule has 0 saturated carbocycles. The van der Waals surface area contributed by atoms with Crippen molar-refractivity contribution >= 4 is 28.5 Å². The van der Waals surface area contributed by atoms with Crippen molar-refractivity contribution in [3.05, 3.63) is 48.7 Å². The third-order valence-electron chi connectivity index (χ3n) is 2.95. The number of carbonyl (C=O) groups is 1. The Morgan fingerprint density at radius 2 is 2.36 bits per heavy atom. The lowest BCUT2D eigenvalue weighted by molar-refractivity contribution is 0.101. The van der Waals surface area contributed by atoms with Gasteiger partial charge in [0, 0.05) is 26.0 Å². The van der Waals surface area contributed by atoms with E-state index in [0.717, 1.165) is 11.7 Å². The van der Waals surface area contributed by atoms with Crippen LogP contribution in [0.5, 0.6) is 0 Å². The van der Waals surface area contributed by atoms with E-state index >= 15 is 0 Å². The molecule has 0 aliphatic carbocycles. The van der Waals surface area contributed by atoms with Crippen LogP contribution in [-0.2, 0) is 7.05 Å². The predicted octanol–water partition coefficient (Wildman–Crippen LogP) is 1.63. The van der Waals surface area contributed by atoms with Crippen LogP contribution in [0.3, 0.4) is 0 Å². The Morgan fingerprint density at radius 1 is 1.45 bits per heavy atom. The van der Waals surface area contributed by atoms with Crippen LogP contribution in [0.15, 0.2) is 53.1 Å². The first-order chi connectivity index (χ1) is 10.7. The van der Waals surface area contributed by atoms with Gasteiger partial charge < -0.3 is 15.2 Å². The number of hydrogen-bond donors (Lipinski definition) is 2. The number of carbonyl (C=O) groups excluding carboxylic acids is 1. The van der Waals surface area contributed by atoms with Crippen molar-refractivity contribution < 1.29 is 4.79 Å². The van der Waals surface area contributed by atoms with Crippen LogP contribution in [0, 0.1) is 0 Å². The molecule has 22 heavy (non-hydrogen) atoms. The van der Waals surface area contributed by atoms with Crippen molar-refractivity contribution in [1.29, 1.82) is 0 Å². The van der Waals surface area contributed by atoms with E-state index in [9.17, 15) is 4.79 Å². The molecule has 0 bridgehead atoms. The number of nitrogens with zero attached hydrogens (tertiary/aromatic N) is 4. The highest BCUT2D eigenvalue weighted by Crippen LogP contribution is 2.19. The summed E-state index contributed by atoms with van der Waals surface area (Å²) in [5, 5.41) is 7.38. The normalized spacial score (nSPS) is 13.4. The number of aliphatic imine (C=N–C) groups is 1. The van der Waals surface area contributed by atoms with E-state index in [-0.39, 0.29) is 5.91 Å². The Morgan fingerprint density at radius 3 is 3.09 bits per heavy atom. The number of amides is 1. The molecule has 112 valence electrons. The Balaban J connectivity index is 1.74. The van der Waals surface area contributed by atoms with E-state index in [1.807, 2.05) is 6.08 Å². The minimum Gasteiger partial charge on any atom is -0.361 e. The van der Waals surface area contributed by atoms with E-state index in [4.69, 9.17) is 0 Å². The zero-order valence-corrected chi connectivity index (χ0v) is 12.7. The molecule has 3 heterocycles. The predicted molar refractivity (Wildman–Crippen MR) is 85.8 cm³/mol. The first kappa shape index (κ1) is 14.3. The molecular weight excluding hydrogens is 300 g/mol. The molecule has 1 aliphatic heterocycles. The largest absolute Gasteiger partial charge is 0.361 e. The van der Waals surface area contributed by atoms with Crippen LogP contribution >= 0.6 is 11.8 Å². The molecular formula is C14H14N6OS. The monoisotopic (exact) mass is 314 g/mol. The zero-order valence-electron chi connectivity index (χ0n) is 11.9. The maximum atomic E-state index is 12.3. The molecule has 7 nitrogen and oxygen atoms in total. The number of pyridine rings is 1. The summed E-state index contributed by atoms with van der Waals surface area (Å²) in [5.74, 6) is -0.228. The summed E-state index contributed by atoms with van der Waals surface area (Å²) in [6.07, 6.45) is 8.47. The molecule has 0 atom stereocenters. The number of thioether (sulfide) groups is 1. The molecule has 0 radical (unpaired) electrons. The van der Waals surface area contributed by atoms with Gasteiger partial charge in [-0.25, -0.2) is 9.98 Å². The fraction of sp³-hybridized carbons (Fsp3) is 0.143. The molecule has 0 fully saturated rings. The Labute approximate surface area is 131 Å². The second-order valence-electron chi connectivity index (χ2n) is 4.48. The second kappa shape index (κ2) is 6.44. The van der Waals surface area contributed by atoms with Crippen LogP contribution in [0.25, 0.3) is 0 Å². The van der Waals surface area contributed by atoms with Crippen molar-refractivity contribution in [2.45, 2.75) is 5.16 Å². The number of aromatic nitrogens is 3. The molecule has 2 aromatic heterocycles. The molecule has 0 unspecified atom stereocenters. The SMILES string of the molecule is Cn1c(C(=O)Nc2cccnc2)cnc1SC1=NC=CCN1. The summed E-state index contributed by atoms with van der Waals surface area (Å²) in [6, 6.07) is 3.55. The number of amidine groups is 1. The van der Waals surface area contributed by atoms with Crippen LogP contribution in [0.4, 0.5) is 5.69 Å². The van der Waals surface area contributed by atoms with Gasteiger partial charge in [0.15, 0.2) is 10.3 Å². The van der Waals surface area contributed by atoms with E-state index in [1.165, 1.54) is 11.8 Å². The number of anilines is 1. The maximum Gasteiger partial charge on any atom is 0.274 e. The standard InChI is InChI=1S/C14H14N6OS/c1-20-11(12(21)19-10-4-2-5-15-8-10)9-18-14(20)22-13-16-6-3-7-17-13/h2-6,8-9H,7H2,1H3,(H,16,17)(H,19,21). The van der Waals surface area contributed by atoms with Crippen molar-refractivity contribution in [1.82, 2.24) is 19.9 Å². The average Bonchev–Trinajstić information content (AvgIpc) is 2.90. The number of imidazole rings is 1. The average molecular weight is 314 g/mol. The second-order valence-corrected chi connectivity index (χ2v) is 5.44. The van der Waals surface area contributed by atoms with Crippen LogP contribution in [0.1, 0.15) is 10.5 Å². The van der Waals surface area contributed by atoms with Gasteiger partial charge in [0.05, 0.1) is 18.1 Å². The number of nitrogens with one attached hydrogen (secondary N) is 2. The van der Waals surface area contributed by atoms with Gasteiger partial charge in [-0.15, -0.1) is 0 Å². The minimum atomic E-state index is -0.228. The molecule has 3 rings (SSSR count). The smallest absolute Gasteiger partial charge is 0.274 e. The third-order valence-corrected chi connectivity index (χ3v) is 3.96. The summed E-state index contributed by atoms with van der Waals surface area (Å²) in [7, 11) is 1.80. The van der Waals surface area contributed by atoms with Crippen molar-refractivity contribution in [2.75, 3.05) is 11.9 Å². The molecule has 1 amide bonds. The quantitative estimate of drug-likeness (QED) is 0.899. The molecule has 0 saturated heterocycles. The van der Waals surface area contributed by atoms with E-state index in [2.05, 4.69) is 25.6 Å². The van der Waals surface area contributed by atoms with Gasteiger partial charge in [0.2, 0.25) is 0 Å². The fourth-order valence-corrected chi connectivity index (χ4v) is 2.63. The molecule has 1 aliphatic rings. The van der Waals surface area contributed by atoms with Gasteiger partial charge >= 0.3 is 0 Å². The number of rotatable bonds is 3. The third kappa shape index (κ3) is 3.17. The van der Waals surface area contributed by atoms with Crippen molar-refractivity contribution in [3.63, 3.8) is 0 Å². The molecule has 0 aromatic carbocycles. The Kier molecular flexibility index (Phi) is 4.19. The van der Waals surface area contributed by atoms with Crippen LogP contribution in [-0.4, -0.2) is 32.2 Å². The highest BCUT2D eigenvalue weighted by atomic mass is 32.2. The highest BCUT2D eigenvalue weighted by Gasteiger charge is 2.16. The molecule has 0 spiro atoms. The van der Waals surface area contributed by atoms with Gasteiger partial charge in [-0.2, -0.15) is 0 Å². The van der Waals surface area contributed by atoms with Gasteiger partial charge in [0.1, 0.15) is 5.69 Å².